The van der Waals surface area contributed by atoms with E-state index in [1.54, 1.807) is 23.0 Å². The third-order valence-corrected chi connectivity index (χ3v) is 3.75. The van der Waals surface area contributed by atoms with Gasteiger partial charge in [0.25, 0.3) is 0 Å². The number of fused-ring (bicyclic) bond motifs is 1. The van der Waals surface area contributed by atoms with E-state index in [4.69, 9.17) is 4.74 Å². The fourth-order valence-corrected chi connectivity index (χ4v) is 2.59. The number of rotatable bonds is 2. The fourth-order valence-electron chi connectivity index (χ4n) is 2.59. The lowest BCUT2D eigenvalue weighted by Gasteiger charge is -2.23. The van der Waals surface area contributed by atoms with E-state index in [2.05, 4.69) is 10.3 Å². The molecular weight excluding hydrogens is 278 g/mol. The van der Waals surface area contributed by atoms with Gasteiger partial charge in [-0.25, -0.2) is 4.68 Å². The van der Waals surface area contributed by atoms with Gasteiger partial charge in [-0.3, -0.25) is 4.79 Å². The second kappa shape index (κ2) is 5.11. The van der Waals surface area contributed by atoms with Crippen LogP contribution in [0.2, 0.25) is 0 Å². The van der Waals surface area contributed by atoms with Crippen LogP contribution < -0.4 is 4.74 Å². The molecule has 0 saturated heterocycles. The number of hydrogen-bond donors (Lipinski definition) is 0. The molecule has 0 N–H and O–H groups in total. The number of carbonyl (C=O) groups excluding carboxylic acids is 1. The number of Topliss-reactive ketones (excluding diaryl/α,β-unsaturated/α-hetero) is 1. The zero-order valence-corrected chi connectivity index (χ0v) is 11.7. The topological polar surface area (TPSA) is 57.0 Å². The van der Waals surface area contributed by atoms with Gasteiger partial charge in [0.05, 0.1) is 11.8 Å². The molecule has 1 aromatic heterocycles. The molecule has 0 fully saturated rings. The van der Waals surface area contributed by atoms with Gasteiger partial charge in [-0.1, -0.05) is 47.7 Å². The maximum absolute atomic E-state index is 12.6. The first-order valence-corrected chi connectivity index (χ1v) is 7.06. The Bertz CT molecular complexity index is 827. The fraction of sp³-hybridized carbons (Fsp3) is 0.118. The first-order valence-electron chi connectivity index (χ1n) is 7.06. The van der Waals surface area contributed by atoms with E-state index in [-0.39, 0.29) is 12.4 Å². The van der Waals surface area contributed by atoms with Crippen LogP contribution in [0.1, 0.15) is 16.4 Å². The van der Waals surface area contributed by atoms with Gasteiger partial charge in [0.1, 0.15) is 18.1 Å². The maximum Gasteiger partial charge on any atom is 0.194 e. The van der Waals surface area contributed by atoms with Crippen LogP contribution in [0.25, 0.3) is 11.3 Å². The van der Waals surface area contributed by atoms with Crippen molar-refractivity contribution in [3.63, 3.8) is 0 Å². The van der Waals surface area contributed by atoms with Crippen molar-refractivity contribution in [2.75, 3.05) is 6.61 Å². The molecule has 0 aliphatic carbocycles. The van der Waals surface area contributed by atoms with Gasteiger partial charge in [-0.15, -0.1) is 5.10 Å². The molecule has 1 atom stereocenters. The molecule has 1 unspecified atom stereocenters. The summed E-state index contributed by atoms with van der Waals surface area (Å²) in [7, 11) is 0. The zero-order valence-electron chi connectivity index (χ0n) is 11.7. The minimum Gasteiger partial charge on any atom is -0.490 e. The Labute approximate surface area is 127 Å². The molecule has 0 bridgehead atoms. The molecule has 2 heterocycles. The molecule has 0 radical (unpaired) electrons. The Morgan fingerprint density at radius 3 is 2.68 bits per heavy atom. The van der Waals surface area contributed by atoms with Crippen molar-refractivity contribution >= 4 is 5.78 Å². The number of carbonyl (C=O) groups is 1. The third-order valence-electron chi connectivity index (χ3n) is 3.75. The van der Waals surface area contributed by atoms with Crippen LogP contribution in [-0.2, 0) is 0 Å². The first kappa shape index (κ1) is 12.8. The van der Waals surface area contributed by atoms with Crippen LogP contribution in [0.15, 0.2) is 60.8 Å². The molecule has 5 nitrogen and oxygen atoms in total. The maximum atomic E-state index is 12.6. The average Bonchev–Trinajstić information content (AvgIpc) is 3.06. The smallest absolute Gasteiger partial charge is 0.194 e. The Morgan fingerprint density at radius 1 is 1.05 bits per heavy atom. The summed E-state index contributed by atoms with van der Waals surface area (Å²) in [6.07, 6.45) is 1.79. The molecule has 3 aromatic rings. The van der Waals surface area contributed by atoms with Crippen LogP contribution in [0.5, 0.6) is 5.75 Å². The summed E-state index contributed by atoms with van der Waals surface area (Å²) in [4.78, 5) is 12.6. The molecule has 0 spiro atoms. The average molecular weight is 291 g/mol. The van der Waals surface area contributed by atoms with Crippen molar-refractivity contribution in [2.24, 2.45) is 0 Å². The Morgan fingerprint density at radius 2 is 1.82 bits per heavy atom. The third kappa shape index (κ3) is 2.07. The van der Waals surface area contributed by atoms with Crippen LogP contribution >= 0.6 is 0 Å². The van der Waals surface area contributed by atoms with Crippen LogP contribution in [0, 0.1) is 0 Å². The highest BCUT2D eigenvalue weighted by atomic mass is 16.5. The lowest BCUT2D eigenvalue weighted by Crippen LogP contribution is -2.30. The van der Waals surface area contributed by atoms with E-state index in [1.165, 1.54) is 0 Å². The second-order valence-corrected chi connectivity index (χ2v) is 5.14. The van der Waals surface area contributed by atoms with Gasteiger partial charge in [-0.2, -0.15) is 0 Å². The largest absolute Gasteiger partial charge is 0.490 e. The van der Waals surface area contributed by atoms with Gasteiger partial charge in [-0.05, 0) is 12.1 Å². The molecule has 1 aliphatic heterocycles. The highest BCUT2D eigenvalue weighted by molar-refractivity contribution is 6.02. The highest BCUT2D eigenvalue weighted by Crippen LogP contribution is 2.29. The van der Waals surface area contributed by atoms with E-state index in [9.17, 15) is 4.79 Å². The molecular formula is C17H13N3O2. The summed E-state index contributed by atoms with van der Waals surface area (Å²) in [5.74, 6) is 0.638. The highest BCUT2D eigenvalue weighted by Gasteiger charge is 2.30. The molecule has 4 rings (SSSR count). The predicted octanol–water partition coefficient (Wildman–Crippen LogP) is 2.76. The lowest BCUT2D eigenvalue weighted by atomic mass is 10.0. The number of nitrogens with zero attached hydrogens (tertiary/aromatic N) is 3. The molecule has 108 valence electrons. The van der Waals surface area contributed by atoms with E-state index < -0.39 is 6.04 Å². The lowest BCUT2D eigenvalue weighted by molar-refractivity contribution is 0.0826. The molecule has 0 saturated carbocycles. The van der Waals surface area contributed by atoms with E-state index in [0.29, 0.717) is 11.3 Å². The molecule has 1 aliphatic rings. The van der Waals surface area contributed by atoms with Gasteiger partial charge >= 0.3 is 0 Å². The molecule has 2 aromatic carbocycles. The van der Waals surface area contributed by atoms with Crippen molar-refractivity contribution in [3.8, 4) is 17.0 Å². The van der Waals surface area contributed by atoms with Gasteiger partial charge < -0.3 is 4.74 Å². The van der Waals surface area contributed by atoms with Gasteiger partial charge in [0.2, 0.25) is 0 Å². The summed E-state index contributed by atoms with van der Waals surface area (Å²) in [6.45, 7) is 0.271. The second-order valence-electron chi connectivity index (χ2n) is 5.14. The van der Waals surface area contributed by atoms with Crippen LogP contribution in [0.3, 0.4) is 0 Å². The summed E-state index contributed by atoms with van der Waals surface area (Å²) >= 11 is 0. The van der Waals surface area contributed by atoms with Crippen molar-refractivity contribution in [3.05, 3.63) is 66.4 Å². The molecule has 5 heteroatoms. The monoisotopic (exact) mass is 291 g/mol. The SMILES string of the molecule is O=C1c2ccccc2OCC1n1cc(-c2ccccc2)nn1. The van der Waals surface area contributed by atoms with Crippen LogP contribution in [-0.4, -0.2) is 27.4 Å². The zero-order chi connectivity index (χ0) is 14.9. The van der Waals surface area contributed by atoms with Crippen molar-refractivity contribution in [1.29, 1.82) is 0 Å². The quantitative estimate of drug-likeness (QED) is 0.728. The normalized spacial score (nSPS) is 16.9. The Balaban J connectivity index is 1.67. The standard InChI is InChI=1S/C17H13N3O2/c21-17-13-8-4-5-9-16(13)22-11-15(17)20-10-14(18-19-20)12-6-2-1-3-7-12/h1-10,15H,11H2. The summed E-state index contributed by atoms with van der Waals surface area (Å²) in [5, 5.41) is 8.26. The number of para-hydroxylation sites is 1. The summed E-state index contributed by atoms with van der Waals surface area (Å²) in [5.41, 5.74) is 2.31. The number of ketones is 1. The summed E-state index contributed by atoms with van der Waals surface area (Å²) in [6, 6.07) is 16.6. The minimum atomic E-state index is -0.472. The number of benzene rings is 2. The summed E-state index contributed by atoms with van der Waals surface area (Å²) < 4.78 is 7.25. The van der Waals surface area contributed by atoms with Crippen molar-refractivity contribution in [2.45, 2.75) is 6.04 Å². The number of aromatic nitrogens is 3. The first-order chi connectivity index (χ1) is 10.8. The number of hydrogen-bond acceptors (Lipinski definition) is 4. The van der Waals surface area contributed by atoms with E-state index in [0.717, 1.165) is 11.3 Å². The molecule has 22 heavy (non-hydrogen) atoms. The van der Waals surface area contributed by atoms with Crippen molar-refractivity contribution in [1.82, 2.24) is 15.0 Å². The van der Waals surface area contributed by atoms with Crippen molar-refractivity contribution < 1.29 is 9.53 Å². The van der Waals surface area contributed by atoms with E-state index in [1.807, 2.05) is 42.5 Å². The van der Waals surface area contributed by atoms with Gasteiger partial charge in [0.15, 0.2) is 11.8 Å². The minimum absolute atomic E-state index is 0.00589. The molecule has 0 amide bonds. The Kier molecular flexibility index (Phi) is 2.96. The Hall–Kier alpha value is -2.95. The van der Waals surface area contributed by atoms with E-state index >= 15 is 0 Å². The van der Waals surface area contributed by atoms with Crippen LogP contribution in [0.4, 0.5) is 0 Å². The number of ether oxygens (including phenoxy) is 1. The van der Waals surface area contributed by atoms with Gasteiger partial charge in [0, 0.05) is 5.56 Å². The predicted molar refractivity (Wildman–Crippen MR) is 80.8 cm³/mol.